The van der Waals surface area contributed by atoms with Crippen LogP contribution in [0.2, 0.25) is 0 Å². The van der Waals surface area contributed by atoms with Crippen LogP contribution in [0, 0.1) is 5.82 Å². The van der Waals surface area contributed by atoms with E-state index in [1.165, 1.54) is 24.3 Å². The number of hydrogen-bond donors (Lipinski definition) is 1. The van der Waals surface area contributed by atoms with E-state index in [9.17, 15) is 14.3 Å². The number of carboxylic acid groups (broad SMARTS) is 1. The molecule has 0 aliphatic heterocycles. The molecule has 1 unspecified atom stereocenters. The minimum Gasteiger partial charge on any atom is -0.494 e. The maximum Gasteiger partial charge on any atom is 0.311 e. The van der Waals surface area contributed by atoms with Crippen molar-refractivity contribution in [2.45, 2.75) is 19.3 Å². The second-order valence-electron chi connectivity index (χ2n) is 4.73. The van der Waals surface area contributed by atoms with E-state index in [0.717, 1.165) is 11.3 Å². The zero-order valence-corrected chi connectivity index (χ0v) is 11.8. The molecule has 0 bridgehead atoms. The van der Waals surface area contributed by atoms with Gasteiger partial charge >= 0.3 is 5.97 Å². The number of aliphatic carboxylic acids is 1. The largest absolute Gasteiger partial charge is 0.494 e. The summed E-state index contributed by atoms with van der Waals surface area (Å²) in [6, 6.07) is 13.0. The highest BCUT2D eigenvalue weighted by Crippen LogP contribution is 2.24. The molecular formula is C17H17FO3. The number of rotatable bonds is 6. The average molecular weight is 288 g/mol. The lowest BCUT2D eigenvalue weighted by molar-refractivity contribution is -0.138. The molecule has 0 amide bonds. The van der Waals surface area contributed by atoms with Crippen LogP contribution in [0.3, 0.4) is 0 Å². The number of ether oxygens (including phenoxy) is 1. The highest BCUT2D eigenvalue weighted by atomic mass is 19.1. The third-order valence-electron chi connectivity index (χ3n) is 3.22. The topological polar surface area (TPSA) is 46.5 Å². The number of hydrogen-bond acceptors (Lipinski definition) is 2. The van der Waals surface area contributed by atoms with Gasteiger partial charge in [0, 0.05) is 0 Å². The van der Waals surface area contributed by atoms with Gasteiger partial charge < -0.3 is 9.84 Å². The Labute approximate surface area is 123 Å². The quantitative estimate of drug-likeness (QED) is 0.882. The Morgan fingerprint density at radius 3 is 2.57 bits per heavy atom. The molecule has 0 saturated carbocycles. The number of carbonyl (C=O) groups is 1. The molecular weight excluding hydrogens is 271 g/mol. The second kappa shape index (κ2) is 6.88. The maximum absolute atomic E-state index is 13.0. The summed E-state index contributed by atoms with van der Waals surface area (Å²) >= 11 is 0. The van der Waals surface area contributed by atoms with Crippen LogP contribution in [0.4, 0.5) is 4.39 Å². The summed E-state index contributed by atoms with van der Waals surface area (Å²) in [6.07, 6.45) is 0.335. The van der Waals surface area contributed by atoms with Crippen molar-refractivity contribution in [2.75, 3.05) is 6.61 Å². The van der Waals surface area contributed by atoms with Gasteiger partial charge in [0.05, 0.1) is 12.5 Å². The van der Waals surface area contributed by atoms with Gasteiger partial charge in [0.1, 0.15) is 11.6 Å². The van der Waals surface area contributed by atoms with Crippen LogP contribution < -0.4 is 4.74 Å². The molecule has 0 fully saturated rings. The van der Waals surface area contributed by atoms with Gasteiger partial charge in [0.25, 0.3) is 0 Å². The van der Waals surface area contributed by atoms with Crippen LogP contribution in [0.25, 0.3) is 0 Å². The Hall–Kier alpha value is -2.36. The molecule has 110 valence electrons. The van der Waals surface area contributed by atoms with Crippen molar-refractivity contribution in [3.05, 3.63) is 65.5 Å². The Kier molecular flexibility index (Phi) is 4.93. The van der Waals surface area contributed by atoms with Gasteiger partial charge in [-0.15, -0.1) is 0 Å². The molecule has 3 nitrogen and oxygen atoms in total. The fraction of sp³-hybridized carbons (Fsp3) is 0.235. The second-order valence-corrected chi connectivity index (χ2v) is 4.73. The first kappa shape index (κ1) is 15.0. The molecule has 0 spiro atoms. The van der Waals surface area contributed by atoms with Gasteiger partial charge in [0.2, 0.25) is 0 Å². The highest BCUT2D eigenvalue weighted by molar-refractivity contribution is 5.76. The van der Waals surface area contributed by atoms with Crippen molar-refractivity contribution < 1.29 is 19.0 Å². The molecule has 0 aromatic heterocycles. The van der Waals surface area contributed by atoms with Gasteiger partial charge in [-0.2, -0.15) is 0 Å². The standard InChI is InChI=1S/C17H17FO3/c1-2-21-15-5-3-4-12(10-15)11-16(17(19)20)13-6-8-14(18)9-7-13/h3-10,16H,2,11H2,1H3,(H,19,20). The van der Waals surface area contributed by atoms with E-state index < -0.39 is 11.9 Å². The van der Waals surface area contributed by atoms with E-state index in [-0.39, 0.29) is 5.82 Å². The zero-order chi connectivity index (χ0) is 15.2. The molecule has 1 N–H and O–H groups in total. The predicted molar refractivity (Wildman–Crippen MR) is 78.1 cm³/mol. The number of benzene rings is 2. The van der Waals surface area contributed by atoms with Crippen LogP contribution >= 0.6 is 0 Å². The summed E-state index contributed by atoms with van der Waals surface area (Å²) < 4.78 is 18.4. The molecule has 2 aromatic rings. The van der Waals surface area contributed by atoms with Crippen LogP contribution in [0.15, 0.2) is 48.5 Å². The molecule has 0 aliphatic rings. The van der Waals surface area contributed by atoms with Crippen LogP contribution in [0.1, 0.15) is 24.0 Å². The first-order chi connectivity index (χ1) is 10.1. The molecule has 0 radical (unpaired) electrons. The van der Waals surface area contributed by atoms with Gasteiger partial charge in [-0.05, 0) is 48.7 Å². The lowest BCUT2D eigenvalue weighted by atomic mass is 9.92. The average Bonchev–Trinajstić information content (AvgIpc) is 2.46. The van der Waals surface area contributed by atoms with E-state index in [1.807, 2.05) is 31.2 Å². The minimum absolute atomic E-state index is 0.335. The van der Waals surface area contributed by atoms with Gasteiger partial charge in [-0.3, -0.25) is 4.79 Å². The van der Waals surface area contributed by atoms with Gasteiger partial charge in [-0.25, -0.2) is 4.39 Å². The molecule has 0 saturated heterocycles. The lowest BCUT2D eigenvalue weighted by Crippen LogP contribution is -2.14. The molecule has 2 rings (SSSR count). The van der Waals surface area contributed by atoms with Crippen LogP contribution in [-0.4, -0.2) is 17.7 Å². The van der Waals surface area contributed by atoms with E-state index >= 15 is 0 Å². The minimum atomic E-state index is -0.927. The summed E-state index contributed by atoms with van der Waals surface area (Å²) in [5.41, 5.74) is 1.46. The normalized spacial score (nSPS) is 11.9. The van der Waals surface area contributed by atoms with E-state index in [1.54, 1.807) is 0 Å². The SMILES string of the molecule is CCOc1cccc(CC(C(=O)O)c2ccc(F)cc2)c1. The summed E-state index contributed by atoms with van der Waals surface area (Å²) in [5.74, 6) is -1.29. The van der Waals surface area contributed by atoms with Crippen molar-refractivity contribution in [3.63, 3.8) is 0 Å². The first-order valence-electron chi connectivity index (χ1n) is 6.80. The Balaban J connectivity index is 2.22. The Morgan fingerprint density at radius 1 is 1.24 bits per heavy atom. The molecule has 4 heteroatoms. The fourth-order valence-electron chi connectivity index (χ4n) is 2.21. The molecule has 2 aromatic carbocycles. The Morgan fingerprint density at radius 2 is 1.95 bits per heavy atom. The first-order valence-corrected chi connectivity index (χ1v) is 6.80. The summed E-state index contributed by atoms with van der Waals surface area (Å²) in [6.45, 7) is 2.45. The van der Waals surface area contributed by atoms with Crippen molar-refractivity contribution in [1.29, 1.82) is 0 Å². The third-order valence-corrected chi connectivity index (χ3v) is 3.22. The fourth-order valence-corrected chi connectivity index (χ4v) is 2.21. The Bertz CT molecular complexity index is 608. The molecule has 0 aliphatic carbocycles. The zero-order valence-electron chi connectivity index (χ0n) is 11.8. The smallest absolute Gasteiger partial charge is 0.311 e. The molecule has 0 heterocycles. The van der Waals surface area contributed by atoms with Gasteiger partial charge in [-0.1, -0.05) is 24.3 Å². The van der Waals surface area contributed by atoms with Gasteiger partial charge in [0.15, 0.2) is 0 Å². The van der Waals surface area contributed by atoms with Crippen LogP contribution in [-0.2, 0) is 11.2 Å². The third kappa shape index (κ3) is 4.05. The van der Waals surface area contributed by atoms with E-state index in [2.05, 4.69) is 0 Å². The monoisotopic (exact) mass is 288 g/mol. The molecule has 21 heavy (non-hydrogen) atoms. The highest BCUT2D eigenvalue weighted by Gasteiger charge is 2.20. The number of carboxylic acids is 1. The summed E-state index contributed by atoms with van der Waals surface area (Å²) in [5, 5.41) is 9.40. The van der Waals surface area contributed by atoms with Crippen molar-refractivity contribution in [2.24, 2.45) is 0 Å². The predicted octanol–water partition coefficient (Wildman–Crippen LogP) is 3.64. The van der Waals surface area contributed by atoms with Crippen molar-refractivity contribution in [3.8, 4) is 5.75 Å². The van der Waals surface area contributed by atoms with E-state index in [4.69, 9.17) is 4.74 Å². The summed E-state index contributed by atoms with van der Waals surface area (Å²) in [7, 11) is 0. The molecule has 1 atom stereocenters. The maximum atomic E-state index is 13.0. The van der Waals surface area contributed by atoms with E-state index in [0.29, 0.717) is 18.6 Å². The lowest BCUT2D eigenvalue weighted by Gasteiger charge is -2.14. The summed E-state index contributed by atoms with van der Waals surface area (Å²) in [4.78, 5) is 11.5. The number of halogens is 1. The van der Waals surface area contributed by atoms with Crippen molar-refractivity contribution >= 4 is 5.97 Å². The van der Waals surface area contributed by atoms with Crippen LogP contribution in [0.5, 0.6) is 5.75 Å². The van der Waals surface area contributed by atoms with Crippen molar-refractivity contribution in [1.82, 2.24) is 0 Å².